The second kappa shape index (κ2) is 4.95. The molecule has 1 atom stereocenters. The summed E-state index contributed by atoms with van der Waals surface area (Å²) in [6.45, 7) is 5.29. The van der Waals surface area contributed by atoms with E-state index in [4.69, 9.17) is 5.11 Å². The molecule has 1 aromatic rings. The Hall–Kier alpha value is -1.91. The fourth-order valence-electron chi connectivity index (χ4n) is 1.37. The van der Waals surface area contributed by atoms with Gasteiger partial charge in [-0.3, -0.25) is 9.78 Å². The number of carbonyl (C=O) groups excluding carboxylic acids is 1. The number of aromatic nitrogens is 1. The predicted octanol–water partition coefficient (Wildman–Crippen LogP) is 1.31. The molecule has 1 amide bonds. The molecular weight excluding hydrogens is 220 g/mol. The molecule has 92 valence electrons. The summed E-state index contributed by atoms with van der Waals surface area (Å²) in [6, 6.07) is 2.15. The van der Waals surface area contributed by atoms with E-state index in [-0.39, 0.29) is 0 Å². The van der Waals surface area contributed by atoms with E-state index in [2.05, 4.69) is 10.3 Å². The lowest BCUT2D eigenvalue weighted by atomic mass is 9.86. The number of hydrogen-bond donors (Lipinski definition) is 2. The number of hydrogen-bond acceptors (Lipinski definition) is 3. The van der Waals surface area contributed by atoms with Crippen molar-refractivity contribution in [1.29, 1.82) is 0 Å². The molecule has 0 saturated heterocycles. The molecule has 0 saturated carbocycles. The van der Waals surface area contributed by atoms with E-state index in [0.29, 0.717) is 5.56 Å². The normalized spacial score (nSPS) is 12.9. The van der Waals surface area contributed by atoms with Crippen molar-refractivity contribution in [1.82, 2.24) is 10.3 Å². The van der Waals surface area contributed by atoms with Crippen molar-refractivity contribution < 1.29 is 14.7 Å². The van der Waals surface area contributed by atoms with Gasteiger partial charge in [0, 0.05) is 18.0 Å². The number of rotatable bonds is 3. The number of carboxylic acids is 1. The monoisotopic (exact) mass is 236 g/mol. The van der Waals surface area contributed by atoms with Crippen LogP contribution < -0.4 is 5.32 Å². The van der Waals surface area contributed by atoms with Gasteiger partial charge in [0.15, 0.2) is 0 Å². The quantitative estimate of drug-likeness (QED) is 0.829. The van der Waals surface area contributed by atoms with Gasteiger partial charge in [-0.1, -0.05) is 20.8 Å². The maximum absolute atomic E-state index is 11.8. The van der Waals surface area contributed by atoms with Crippen molar-refractivity contribution in [3.63, 3.8) is 0 Å². The van der Waals surface area contributed by atoms with Crippen molar-refractivity contribution in [3.05, 3.63) is 30.1 Å². The number of amides is 1. The van der Waals surface area contributed by atoms with Crippen LogP contribution in [0.5, 0.6) is 0 Å². The largest absolute Gasteiger partial charge is 0.480 e. The van der Waals surface area contributed by atoms with Crippen molar-refractivity contribution >= 4 is 11.9 Å². The average Bonchev–Trinajstić information content (AvgIpc) is 2.24. The SMILES string of the molecule is CC(C)(C)C(NC(=O)c1ccncc1)C(=O)O. The number of nitrogens with zero attached hydrogens (tertiary/aromatic N) is 1. The van der Waals surface area contributed by atoms with Crippen LogP contribution in [0.25, 0.3) is 0 Å². The second-order valence-electron chi connectivity index (χ2n) is 4.85. The standard InChI is InChI=1S/C12H16N2O3/c1-12(2,3)9(11(16)17)14-10(15)8-4-6-13-7-5-8/h4-7,9H,1-3H3,(H,14,15)(H,16,17). The number of nitrogens with one attached hydrogen (secondary N) is 1. The highest BCUT2D eigenvalue weighted by Crippen LogP contribution is 2.19. The summed E-state index contributed by atoms with van der Waals surface area (Å²) in [6.07, 6.45) is 2.98. The molecule has 1 rings (SSSR count). The van der Waals surface area contributed by atoms with Crippen LogP contribution in [0, 0.1) is 5.41 Å². The molecule has 0 aromatic carbocycles. The van der Waals surface area contributed by atoms with E-state index in [1.807, 2.05) is 0 Å². The molecule has 1 unspecified atom stereocenters. The third kappa shape index (κ3) is 3.55. The number of carbonyl (C=O) groups is 2. The van der Waals surface area contributed by atoms with Crippen LogP contribution in [0.4, 0.5) is 0 Å². The van der Waals surface area contributed by atoms with Crippen LogP contribution in [0.15, 0.2) is 24.5 Å². The minimum absolute atomic E-state index is 0.399. The highest BCUT2D eigenvalue weighted by molar-refractivity contribution is 5.96. The highest BCUT2D eigenvalue weighted by atomic mass is 16.4. The lowest BCUT2D eigenvalue weighted by Gasteiger charge is -2.27. The summed E-state index contributed by atoms with van der Waals surface area (Å²) in [5.41, 5.74) is -0.148. The smallest absolute Gasteiger partial charge is 0.326 e. The Labute approximate surface area is 99.9 Å². The van der Waals surface area contributed by atoms with Crippen LogP contribution in [0.1, 0.15) is 31.1 Å². The van der Waals surface area contributed by atoms with Gasteiger partial charge in [0.1, 0.15) is 6.04 Å². The van der Waals surface area contributed by atoms with Gasteiger partial charge in [0.05, 0.1) is 0 Å². The Morgan fingerprint density at radius 1 is 1.29 bits per heavy atom. The van der Waals surface area contributed by atoms with E-state index in [1.54, 1.807) is 20.8 Å². The minimum atomic E-state index is -1.04. The van der Waals surface area contributed by atoms with Crippen molar-refractivity contribution in [2.75, 3.05) is 0 Å². The molecule has 17 heavy (non-hydrogen) atoms. The zero-order valence-corrected chi connectivity index (χ0v) is 10.1. The molecule has 5 heteroatoms. The molecule has 0 aliphatic rings. The predicted molar refractivity (Wildman–Crippen MR) is 62.6 cm³/mol. The lowest BCUT2D eigenvalue weighted by Crippen LogP contribution is -2.49. The molecule has 0 radical (unpaired) electrons. The molecule has 1 heterocycles. The van der Waals surface area contributed by atoms with Crippen molar-refractivity contribution in [2.45, 2.75) is 26.8 Å². The van der Waals surface area contributed by atoms with Crippen molar-refractivity contribution in [3.8, 4) is 0 Å². The maximum atomic E-state index is 11.8. The fourth-order valence-corrected chi connectivity index (χ4v) is 1.37. The first-order valence-electron chi connectivity index (χ1n) is 5.26. The molecule has 0 spiro atoms. The molecule has 0 fully saturated rings. The van der Waals surface area contributed by atoms with Gasteiger partial charge in [-0.2, -0.15) is 0 Å². The van der Waals surface area contributed by atoms with Gasteiger partial charge in [0.25, 0.3) is 5.91 Å². The highest BCUT2D eigenvalue weighted by Gasteiger charge is 2.32. The van der Waals surface area contributed by atoms with E-state index in [0.717, 1.165) is 0 Å². The Kier molecular flexibility index (Phi) is 3.83. The van der Waals surface area contributed by atoms with Gasteiger partial charge < -0.3 is 10.4 Å². The van der Waals surface area contributed by atoms with Gasteiger partial charge in [-0.25, -0.2) is 4.79 Å². The molecule has 0 aliphatic heterocycles. The molecule has 5 nitrogen and oxygen atoms in total. The summed E-state index contributed by atoms with van der Waals surface area (Å²) in [7, 11) is 0. The van der Waals surface area contributed by atoms with Crippen LogP contribution in [0.3, 0.4) is 0 Å². The fraction of sp³-hybridized carbons (Fsp3) is 0.417. The van der Waals surface area contributed by atoms with Crippen molar-refractivity contribution in [2.24, 2.45) is 5.41 Å². The molecule has 0 aliphatic carbocycles. The number of aliphatic carboxylic acids is 1. The zero-order chi connectivity index (χ0) is 13.1. The third-order valence-electron chi connectivity index (χ3n) is 2.33. The number of pyridine rings is 1. The molecular formula is C12H16N2O3. The van der Waals surface area contributed by atoms with E-state index < -0.39 is 23.3 Å². The zero-order valence-electron chi connectivity index (χ0n) is 10.1. The minimum Gasteiger partial charge on any atom is -0.480 e. The summed E-state index contributed by atoms with van der Waals surface area (Å²) in [4.78, 5) is 26.7. The Morgan fingerprint density at radius 2 is 1.82 bits per heavy atom. The van der Waals surface area contributed by atoms with Gasteiger partial charge in [-0.05, 0) is 17.5 Å². The second-order valence-corrected chi connectivity index (χ2v) is 4.85. The number of carboxylic acid groups (broad SMARTS) is 1. The van der Waals surface area contributed by atoms with Gasteiger partial charge in [-0.15, -0.1) is 0 Å². The third-order valence-corrected chi connectivity index (χ3v) is 2.33. The summed E-state index contributed by atoms with van der Waals surface area (Å²) in [5.74, 6) is -1.45. The van der Waals surface area contributed by atoms with Crippen LogP contribution >= 0.6 is 0 Å². The van der Waals surface area contributed by atoms with E-state index >= 15 is 0 Å². The topological polar surface area (TPSA) is 79.3 Å². The summed E-state index contributed by atoms with van der Waals surface area (Å²) < 4.78 is 0. The Bertz CT molecular complexity index is 410. The maximum Gasteiger partial charge on any atom is 0.326 e. The summed E-state index contributed by atoms with van der Waals surface area (Å²) >= 11 is 0. The van der Waals surface area contributed by atoms with Crippen LogP contribution in [-0.4, -0.2) is 28.0 Å². The van der Waals surface area contributed by atoms with Crippen LogP contribution in [-0.2, 0) is 4.79 Å². The van der Waals surface area contributed by atoms with Gasteiger partial charge in [0.2, 0.25) is 0 Å². The Balaban J connectivity index is 2.83. The van der Waals surface area contributed by atoms with Gasteiger partial charge >= 0.3 is 5.97 Å². The Morgan fingerprint density at radius 3 is 2.24 bits per heavy atom. The molecule has 2 N–H and O–H groups in total. The first kappa shape index (κ1) is 13.2. The van der Waals surface area contributed by atoms with E-state index in [1.165, 1.54) is 24.5 Å². The molecule has 0 bridgehead atoms. The first-order chi connectivity index (χ1) is 7.82. The van der Waals surface area contributed by atoms with E-state index in [9.17, 15) is 9.59 Å². The first-order valence-corrected chi connectivity index (χ1v) is 5.26. The average molecular weight is 236 g/mol. The van der Waals surface area contributed by atoms with Crippen LogP contribution in [0.2, 0.25) is 0 Å². The molecule has 1 aromatic heterocycles. The lowest BCUT2D eigenvalue weighted by molar-refractivity contribution is -0.142. The summed E-state index contributed by atoms with van der Waals surface area (Å²) in [5, 5.41) is 11.6.